The standard InChI is InChI=1S/C17H27ClN2O/c1-13(2)16(20-9-4-5-10-20)12-19-11-14-15(18)7-6-8-17(14)21-3/h6-8,13,16,19H,4-5,9-12H2,1-3H3. The molecule has 118 valence electrons. The Labute approximate surface area is 133 Å². The number of nitrogens with zero attached hydrogens (tertiary/aromatic N) is 1. The predicted molar refractivity (Wildman–Crippen MR) is 89.1 cm³/mol. The highest BCUT2D eigenvalue weighted by atomic mass is 35.5. The number of hydrogen-bond donors (Lipinski definition) is 1. The van der Waals surface area contributed by atoms with Crippen molar-refractivity contribution in [2.45, 2.75) is 39.3 Å². The third kappa shape index (κ3) is 4.35. The molecule has 2 rings (SSSR count). The number of ether oxygens (including phenoxy) is 1. The van der Waals surface area contributed by atoms with Crippen molar-refractivity contribution < 1.29 is 4.74 Å². The van der Waals surface area contributed by atoms with Crippen LogP contribution in [-0.4, -0.2) is 37.7 Å². The summed E-state index contributed by atoms with van der Waals surface area (Å²) in [6.07, 6.45) is 2.67. The average Bonchev–Trinajstić information content (AvgIpc) is 2.98. The van der Waals surface area contributed by atoms with Gasteiger partial charge in [-0.1, -0.05) is 31.5 Å². The van der Waals surface area contributed by atoms with Crippen LogP contribution >= 0.6 is 11.6 Å². The van der Waals surface area contributed by atoms with Gasteiger partial charge in [0.25, 0.3) is 0 Å². The Kier molecular flexibility index (Phi) is 6.34. The smallest absolute Gasteiger partial charge is 0.124 e. The first-order valence-electron chi connectivity index (χ1n) is 7.89. The zero-order valence-electron chi connectivity index (χ0n) is 13.4. The van der Waals surface area contributed by atoms with Crippen LogP contribution in [0.15, 0.2) is 18.2 Å². The number of likely N-dealkylation sites (tertiary alicyclic amines) is 1. The minimum Gasteiger partial charge on any atom is -0.496 e. The summed E-state index contributed by atoms with van der Waals surface area (Å²) in [6, 6.07) is 6.40. The Bertz CT molecular complexity index is 444. The lowest BCUT2D eigenvalue weighted by atomic mass is 10.0. The molecule has 0 saturated carbocycles. The summed E-state index contributed by atoms with van der Waals surface area (Å²) in [4.78, 5) is 2.61. The van der Waals surface area contributed by atoms with E-state index in [2.05, 4.69) is 24.1 Å². The normalized spacial score (nSPS) is 17.4. The molecule has 0 aliphatic carbocycles. The van der Waals surface area contributed by atoms with Crippen LogP contribution in [0.1, 0.15) is 32.3 Å². The van der Waals surface area contributed by atoms with E-state index in [1.807, 2.05) is 18.2 Å². The molecule has 0 aromatic heterocycles. The first-order chi connectivity index (χ1) is 10.1. The van der Waals surface area contributed by atoms with E-state index in [0.29, 0.717) is 12.0 Å². The number of nitrogens with one attached hydrogen (secondary N) is 1. The molecule has 3 nitrogen and oxygen atoms in total. The summed E-state index contributed by atoms with van der Waals surface area (Å²) in [6.45, 7) is 8.83. The lowest BCUT2D eigenvalue weighted by Gasteiger charge is -2.31. The van der Waals surface area contributed by atoms with Gasteiger partial charge in [-0.3, -0.25) is 4.90 Å². The lowest BCUT2D eigenvalue weighted by Crippen LogP contribution is -2.44. The second kappa shape index (κ2) is 8.02. The van der Waals surface area contributed by atoms with Gasteiger partial charge in [0.2, 0.25) is 0 Å². The van der Waals surface area contributed by atoms with E-state index >= 15 is 0 Å². The highest BCUT2D eigenvalue weighted by molar-refractivity contribution is 6.31. The number of halogens is 1. The zero-order chi connectivity index (χ0) is 15.2. The van der Waals surface area contributed by atoms with Crippen LogP contribution in [0.2, 0.25) is 5.02 Å². The Morgan fingerprint density at radius 3 is 2.62 bits per heavy atom. The van der Waals surface area contributed by atoms with Gasteiger partial charge < -0.3 is 10.1 Å². The van der Waals surface area contributed by atoms with Crippen molar-refractivity contribution in [1.29, 1.82) is 0 Å². The van der Waals surface area contributed by atoms with E-state index < -0.39 is 0 Å². The number of methoxy groups -OCH3 is 1. The van der Waals surface area contributed by atoms with Crippen molar-refractivity contribution in [3.8, 4) is 5.75 Å². The summed E-state index contributed by atoms with van der Waals surface area (Å²) >= 11 is 6.28. The molecule has 0 radical (unpaired) electrons. The van der Waals surface area contributed by atoms with Crippen LogP contribution < -0.4 is 10.1 Å². The molecular weight excluding hydrogens is 284 g/mol. The summed E-state index contributed by atoms with van der Waals surface area (Å²) < 4.78 is 5.40. The second-order valence-electron chi connectivity index (χ2n) is 6.11. The van der Waals surface area contributed by atoms with Crippen LogP contribution in [-0.2, 0) is 6.54 Å². The Balaban J connectivity index is 1.93. The van der Waals surface area contributed by atoms with Gasteiger partial charge in [-0.05, 0) is 44.0 Å². The molecule has 1 N–H and O–H groups in total. The van der Waals surface area contributed by atoms with Crippen LogP contribution in [0.4, 0.5) is 0 Å². The van der Waals surface area contributed by atoms with Gasteiger partial charge in [0.05, 0.1) is 7.11 Å². The van der Waals surface area contributed by atoms with Gasteiger partial charge in [-0.15, -0.1) is 0 Å². The summed E-state index contributed by atoms with van der Waals surface area (Å²) in [7, 11) is 1.69. The van der Waals surface area contributed by atoms with Gasteiger partial charge >= 0.3 is 0 Å². The topological polar surface area (TPSA) is 24.5 Å². The van der Waals surface area contributed by atoms with E-state index in [1.54, 1.807) is 7.11 Å². The molecule has 1 heterocycles. The van der Waals surface area contributed by atoms with E-state index in [1.165, 1.54) is 25.9 Å². The van der Waals surface area contributed by atoms with Crippen molar-refractivity contribution in [2.24, 2.45) is 5.92 Å². The summed E-state index contributed by atoms with van der Waals surface area (Å²) in [5, 5.41) is 4.34. The fourth-order valence-corrected chi connectivity index (χ4v) is 3.34. The molecule has 21 heavy (non-hydrogen) atoms. The molecule has 0 spiro atoms. The predicted octanol–water partition coefficient (Wildman–Crippen LogP) is 3.56. The van der Waals surface area contributed by atoms with Gasteiger partial charge in [0, 0.05) is 29.7 Å². The van der Waals surface area contributed by atoms with Crippen molar-refractivity contribution >= 4 is 11.6 Å². The number of benzene rings is 1. The molecule has 1 aliphatic heterocycles. The van der Waals surface area contributed by atoms with Crippen molar-refractivity contribution in [2.75, 3.05) is 26.7 Å². The monoisotopic (exact) mass is 310 g/mol. The third-order valence-electron chi connectivity index (χ3n) is 4.33. The minimum absolute atomic E-state index is 0.598. The fraction of sp³-hybridized carbons (Fsp3) is 0.647. The quantitative estimate of drug-likeness (QED) is 0.833. The molecule has 1 unspecified atom stereocenters. The largest absolute Gasteiger partial charge is 0.496 e. The average molecular weight is 311 g/mol. The van der Waals surface area contributed by atoms with E-state index in [9.17, 15) is 0 Å². The van der Waals surface area contributed by atoms with Gasteiger partial charge in [-0.2, -0.15) is 0 Å². The first kappa shape index (κ1) is 16.6. The molecule has 1 fully saturated rings. The van der Waals surface area contributed by atoms with Crippen molar-refractivity contribution in [1.82, 2.24) is 10.2 Å². The van der Waals surface area contributed by atoms with Gasteiger partial charge in [0.1, 0.15) is 5.75 Å². The maximum absolute atomic E-state index is 6.28. The van der Waals surface area contributed by atoms with Crippen LogP contribution in [0, 0.1) is 5.92 Å². The van der Waals surface area contributed by atoms with Crippen LogP contribution in [0.25, 0.3) is 0 Å². The Morgan fingerprint density at radius 2 is 2.00 bits per heavy atom. The van der Waals surface area contributed by atoms with Gasteiger partial charge in [-0.25, -0.2) is 0 Å². The highest BCUT2D eigenvalue weighted by Gasteiger charge is 2.24. The van der Waals surface area contributed by atoms with Crippen LogP contribution in [0.5, 0.6) is 5.75 Å². The summed E-state index contributed by atoms with van der Waals surface area (Å²) in [5.74, 6) is 1.51. The molecular formula is C17H27ClN2O. The molecule has 0 bridgehead atoms. The SMILES string of the molecule is COc1cccc(Cl)c1CNCC(C(C)C)N1CCCC1. The molecule has 1 aliphatic rings. The second-order valence-corrected chi connectivity index (χ2v) is 6.51. The maximum Gasteiger partial charge on any atom is 0.124 e. The molecule has 1 saturated heterocycles. The number of rotatable bonds is 7. The highest BCUT2D eigenvalue weighted by Crippen LogP contribution is 2.26. The van der Waals surface area contributed by atoms with E-state index in [-0.39, 0.29) is 0 Å². The molecule has 0 amide bonds. The van der Waals surface area contributed by atoms with Crippen molar-refractivity contribution in [3.05, 3.63) is 28.8 Å². The Hall–Kier alpha value is -0.770. The maximum atomic E-state index is 6.28. The van der Waals surface area contributed by atoms with Crippen molar-refractivity contribution in [3.63, 3.8) is 0 Å². The molecule has 1 aromatic rings. The molecule has 4 heteroatoms. The molecule has 1 aromatic carbocycles. The van der Waals surface area contributed by atoms with Crippen LogP contribution in [0.3, 0.4) is 0 Å². The minimum atomic E-state index is 0.598. The van der Waals surface area contributed by atoms with E-state index in [4.69, 9.17) is 16.3 Å². The first-order valence-corrected chi connectivity index (χ1v) is 8.27. The molecule has 1 atom stereocenters. The third-order valence-corrected chi connectivity index (χ3v) is 4.68. The fourth-order valence-electron chi connectivity index (χ4n) is 3.11. The summed E-state index contributed by atoms with van der Waals surface area (Å²) in [5.41, 5.74) is 1.05. The lowest BCUT2D eigenvalue weighted by molar-refractivity contribution is 0.186. The zero-order valence-corrected chi connectivity index (χ0v) is 14.1. The van der Waals surface area contributed by atoms with E-state index in [0.717, 1.165) is 29.4 Å². The van der Waals surface area contributed by atoms with Gasteiger partial charge in [0.15, 0.2) is 0 Å². The number of hydrogen-bond acceptors (Lipinski definition) is 3. The Morgan fingerprint density at radius 1 is 1.29 bits per heavy atom.